The predicted molar refractivity (Wildman–Crippen MR) is 69.6 cm³/mol. The van der Waals surface area contributed by atoms with Crippen molar-refractivity contribution in [2.75, 3.05) is 5.32 Å². The number of halogens is 1. The molecule has 2 aromatic rings. The molecule has 0 atom stereocenters. The molecule has 0 aliphatic rings. The van der Waals surface area contributed by atoms with Gasteiger partial charge in [0.05, 0.1) is 0 Å². The van der Waals surface area contributed by atoms with E-state index in [1.54, 1.807) is 12.1 Å². The van der Waals surface area contributed by atoms with Crippen LogP contribution in [0.15, 0.2) is 42.5 Å². The van der Waals surface area contributed by atoms with Gasteiger partial charge >= 0.3 is 0 Å². The molecule has 1 N–H and O–H groups in total. The van der Waals surface area contributed by atoms with E-state index in [1.165, 1.54) is 17.2 Å². The van der Waals surface area contributed by atoms with Crippen LogP contribution >= 0.6 is 0 Å². The number of rotatable bonds is 3. The topological polar surface area (TPSA) is 12.0 Å². The molecule has 1 nitrogen and oxygen atoms in total. The van der Waals surface area contributed by atoms with Crippen molar-refractivity contribution < 1.29 is 4.39 Å². The molecule has 0 amide bonds. The zero-order valence-electron chi connectivity index (χ0n) is 10.1. The summed E-state index contributed by atoms with van der Waals surface area (Å²) in [6, 6.07) is 13.1. The average molecular weight is 229 g/mol. The third kappa shape index (κ3) is 2.84. The van der Waals surface area contributed by atoms with Gasteiger partial charge in [0.2, 0.25) is 0 Å². The van der Waals surface area contributed by atoms with Crippen molar-refractivity contribution in [3.63, 3.8) is 0 Å². The SMILES string of the molecule is Cc1ccccc1CNc1ccc(F)cc1C. The van der Waals surface area contributed by atoms with Gasteiger partial charge in [-0.15, -0.1) is 0 Å². The predicted octanol–water partition coefficient (Wildman–Crippen LogP) is 4.05. The highest BCUT2D eigenvalue weighted by atomic mass is 19.1. The molecule has 88 valence electrons. The first-order valence-corrected chi connectivity index (χ1v) is 5.71. The van der Waals surface area contributed by atoms with Crippen LogP contribution in [0.1, 0.15) is 16.7 Å². The van der Waals surface area contributed by atoms with E-state index in [9.17, 15) is 4.39 Å². The maximum atomic E-state index is 12.9. The Hall–Kier alpha value is -1.83. The first kappa shape index (κ1) is 11.6. The van der Waals surface area contributed by atoms with Crippen molar-refractivity contribution in [3.05, 3.63) is 65.0 Å². The molecule has 2 rings (SSSR count). The van der Waals surface area contributed by atoms with Crippen molar-refractivity contribution in [3.8, 4) is 0 Å². The Kier molecular flexibility index (Phi) is 3.43. The lowest BCUT2D eigenvalue weighted by Crippen LogP contribution is -2.02. The second-order valence-corrected chi connectivity index (χ2v) is 4.24. The summed E-state index contributed by atoms with van der Waals surface area (Å²) < 4.78 is 12.9. The highest BCUT2D eigenvalue weighted by molar-refractivity contribution is 5.51. The van der Waals surface area contributed by atoms with Gasteiger partial charge in [-0.25, -0.2) is 4.39 Å². The molecular formula is C15H16FN. The van der Waals surface area contributed by atoms with E-state index >= 15 is 0 Å². The zero-order valence-corrected chi connectivity index (χ0v) is 10.1. The summed E-state index contributed by atoms with van der Waals surface area (Å²) >= 11 is 0. The Morgan fingerprint density at radius 3 is 2.47 bits per heavy atom. The number of benzene rings is 2. The second kappa shape index (κ2) is 5.00. The van der Waals surface area contributed by atoms with E-state index in [-0.39, 0.29) is 5.82 Å². The molecule has 0 aromatic heterocycles. The molecule has 0 saturated heterocycles. The van der Waals surface area contributed by atoms with E-state index in [0.29, 0.717) is 0 Å². The van der Waals surface area contributed by atoms with Crippen LogP contribution in [0.3, 0.4) is 0 Å². The Bertz CT molecular complexity index is 520. The van der Waals surface area contributed by atoms with Gasteiger partial charge in [0.25, 0.3) is 0 Å². The van der Waals surface area contributed by atoms with Gasteiger partial charge < -0.3 is 5.32 Å². The van der Waals surface area contributed by atoms with Crippen molar-refractivity contribution >= 4 is 5.69 Å². The monoisotopic (exact) mass is 229 g/mol. The minimum atomic E-state index is -0.191. The maximum absolute atomic E-state index is 12.9. The summed E-state index contributed by atoms with van der Waals surface area (Å²) in [4.78, 5) is 0. The zero-order chi connectivity index (χ0) is 12.3. The van der Waals surface area contributed by atoms with Crippen LogP contribution in [0.25, 0.3) is 0 Å². The lowest BCUT2D eigenvalue weighted by Gasteiger charge is -2.11. The molecule has 2 aromatic carbocycles. The van der Waals surface area contributed by atoms with Crippen LogP contribution in [0.4, 0.5) is 10.1 Å². The lowest BCUT2D eigenvalue weighted by molar-refractivity contribution is 0.627. The molecule has 2 heteroatoms. The number of hydrogen-bond acceptors (Lipinski definition) is 1. The van der Waals surface area contributed by atoms with E-state index in [1.807, 2.05) is 19.1 Å². The molecule has 0 saturated carbocycles. The maximum Gasteiger partial charge on any atom is 0.123 e. The van der Waals surface area contributed by atoms with E-state index in [2.05, 4.69) is 24.4 Å². The lowest BCUT2D eigenvalue weighted by atomic mass is 10.1. The summed E-state index contributed by atoms with van der Waals surface area (Å²) in [6.07, 6.45) is 0. The number of anilines is 1. The summed E-state index contributed by atoms with van der Waals surface area (Å²) in [5.74, 6) is -0.191. The minimum absolute atomic E-state index is 0.191. The van der Waals surface area contributed by atoms with Crippen LogP contribution in [-0.4, -0.2) is 0 Å². The summed E-state index contributed by atoms with van der Waals surface area (Å²) in [6.45, 7) is 4.76. The Morgan fingerprint density at radius 1 is 1.00 bits per heavy atom. The number of nitrogens with one attached hydrogen (secondary N) is 1. The van der Waals surface area contributed by atoms with E-state index < -0.39 is 0 Å². The quantitative estimate of drug-likeness (QED) is 0.837. The largest absolute Gasteiger partial charge is 0.381 e. The third-order valence-electron chi connectivity index (χ3n) is 2.92. The first-order chi connectivity index (χ1) is 8.16. The van der Waals surface area contributed by atoms with E-state index in [0.717, 1.165) is 17.8 Å². The highest BCUT2D eigenvalue weighted by Crippen LogP contribution is 2.17. The summed E-state index contributed by atoms with van der Waals surface area (Å²) in [5.41, 5.74) is 4.43. The fourth-order valence-corrected chi connectivity index (χ4v) is 1.82. The molecule has 0 bridgehead atoms. The van der Waals surface area contributed by atoms with E-state index in [4.69, 9.17) is 0 Å². The smallest absolute Gasteiger partial charge is 0.123 e. The molecule has 0 heterocycles. The number of aryl methyl sites for hydroxylation is 2. The molecule has 0 aliphatic carbocycles. The van der Waals surface area contributed by atoms with Gasteiger partial charge in [0, 0.05) is 12.2 Å². The standard InChI is InChI=1S/C15H16FN/c1-11-5-3-4-6-13(11)10-17-15-8-7-14(16)9-12(15)2/h3-9,17H,10H2,1-2H3. The first-order valence-electron chi connectivity index (χ1n) is 5.71. The number of hydrogen-bond donors (Lipinski definition) is 1. The highest BCUT2D eigenvalue weighted by Gasteiger charge is 2.01. The van der Waals surface area contributed by atoms with Crippen molar-refractivity contribution in [2.45, 2.75) is 20.4 Å². The fourth-order valence-electron chi connectivity index (χ4n) is 1.82. The normalized spacial score (nSPS) is 10.3. The summed E-state index contributed by atoms with van der Waals surface area (Å²) in [7, 11) is 0. The van der Waals surface area contributed by atoms with Gasteiger partial charge in [0.1, 0.15) is 5.82 Å². The van der Waals surface area contributed by atoms with Crippen LogP contribution in [0.2, 0.25) is 0 Å². The van der Waals surface area contributed by atoms with Gasteiger partial charge in [-0.05, 0) is 48.7 Å². The van der Waals surface area contributed by atoms with Gasteiger partial charge in [-0.1, -0.05) is 24.3 Å². The molecule has 17 heavy (non-hydrogen) atoms. The fraction of sp³-hybridized carbons (Fsp3) is 0.200. The van der Waals surface area contributed by atoms with Crippen molar-refractivity contribution in [1.82, 2.24) is 0 Å². The van der Waals surface area contributed by atoms with Gasteiger partial charge in [-0.2, -0.15) is 0 Å². The summed E-state index contributed by atoms with van der Waals surface area (Å²) in [5, 5.41) is 3.33. The average Bonchev–Trinajstić information content (AvgIpc) is 2.30. The third-order valence-corrected chi connectivity index (χ3v) is 2.92. The minimum Gasteiger partial charge on any atom is -0.381 e. The van der Waals surface area contributed by atoms with Crippen LogP contribution < -0.4 is 5.32 Å². The molecule has 0 unspecified atom stereocenters. The van der Waals surface area contributed by atoms with Crippen LogP contribution in [0, 0.1) is 19.7 Å². The Balaban J connectivity index is 2.10. The van der Waals surface area contributed by atoms with Crippen molar-refractivity contribution in [1.29, 1.82) is 0 Å². The molecular weight excluding hydrogens is 213 g/mol. The Morgan fingerprint density at radius 2 is 1.76 bits per heavy atom. The molecule has 0 aliphatic heterocycles. The molecule has 0 radical (unpaired) electrons. The molecule has 0 fully saturated rings. The molecule has 0 spiro atoms. The Labute approximate surface area is 101 Å². The van der Waals surface area contributed by atoms with Crippen LogP contribution in [0.5, 0.6) is 0 Å². The van der Waals surface area contributed by atoms with Crippen molar-refractivity contribution in [2.24, 2.45) is 0 Å². The van der Waals surface area contributed by atoms with Gasteiger partial charge in [-0.3, -0.25) is 0 Å². The van der Waals surface area contributed by atoms with Crippen LogP contribution in [-0.2, 0) is 6.54 Å². The second-order valence-electron chi connectivity index (χ2n) is 4.24. The van der Waals surface area contributed by atoms with Gasteiger partial charge in [0.15, 0.2) is 0 Å².